The second-order valence-corrected chi connectivity index (χ2v) is 6.14. The summed E-state index contributed by atoms with van der Waals surface area (Å²) >= 11 is 1.43. The Balaban J connectivity index is 2.64. The number of carboxylic acids is 1. The highest BCUT2D eigenvalue weighted by molar-refractivity contribution is 7.99. The van der Waals surface area contributed by atoms with Gasteiger partial charge in [-0.1, -0.05) is 44.2 Å². The van der Waals surface area contributed by atoms with Gasteiger partial charge < -0.3 is 10.4 Å². The highest BCUT2D eigenvalue weighted by Gasteiger charge is 2.27. The van der Waals surface area contributed by atoms with Gasteiger partial charge in [0.1, 0.15) is 6.67 Å². The summed E-state index contributed by atoms with van der Waals surface area (Å²) in [5, 5.41) is 10.6. The lowest BCUT2D eigenvalue weighted by Gasteiger charge is -2.21. The molecular formula is C15H20FNO3S. The van der Waals surface area contributed by atoms with Crippen molar-refractivity contribution in [1.82, 2.24) is 5.32 Å². The van der Waals surface area contributed by atoms with Crippen molar-refractivity contribution >= 4 is 23.6 Å². The summed E-state index contributed by atoms with van der Waals surface area (Å²) in [6.45, 7) is 2.65. The van der Waals surface area contributed by atoms with Gasteiger partial charge in [-0.25, -0.2) is 9.18 Å². The molecule has 0 heterocycles. The van der Waals surface area contributed by atoms with E-state index in [0.717, 1.165) is 5.56 Å². The molecule has 2 unspecified atom stereocenters. The average Bonchev–Trinajstić information content (AvgIpc) is 2.45. The monoisotopic (exact) mass is 313 g/mol. The predicted octanol–water partition coefficient (Wildman–Crippen LogP) is 2.48. The van der Waals surface area contributed by atoms with Gasteiger partial charge in [-0.3, -0.25) is 4.79 Å². The van der Waals surface area contributed by atoms with E-state index >= 15 is 0 Å². The summed E-state index contributed by atoms with van der Waals surface area (Å²) in [6, 6.07) is 8.21. The van der Waals surface area contributed by atoms with Crippen LogP contribution in [0.1, 0.15) is 19.4 Å². The zero-order valence-electron chi connectivity index (χ0n) is 12.1. The van der Waals surface area contributed by atoms with E-state index in [2.05, 4.69) is 5.32 Å². The van der Waals surface area contributed by atoms with Gasteiger partial charge in [0.25, 0.3) is 0 Å². The lowest BCUT2D eigenvalue weighted by molar-refractivity contribution is -0.142. The summed E-state index contributed by atoms with van der Waals surface area (Å²) in [7, 11) is 0. The molecule has 0 spiro atoms. The number of hydrogen-bond donors (Lipinski definition) is 2. The van der Waals surface area contributed by atoms with E-state index in [1.54, 1.807) is 0 Å². The van der Waals surface area contributed by atoms with E-state index in [1.165, 1.54) is 11.8 Å². The summed E-state index contributed by atoms with van der Waals surface area (Å²) < 4.78 is 12.6. The molecule has 0 aliphatic heterocycles. The number of hydrogen-bond acceptors (Lipinski definition) is 3. The molecule has 0 saturated heterocycles. The van der Waals surface area contributed by atoms with Gasteiger partial charge in [0, 0.05) is 5.75 Å². The molecule has 1 amide bonds. The molecule has 0 radical (unpaired) electrons. The number of benzene rings is 1. The maximum atomic E-state index is 12.6. The van der Waals surface area contributed by atoms with Crippen LogP contribution in [0.25, 0.3) is 0 Å². The van der Waals surface area contributed by atoms with Crippen LogP contribution in [0.5, 0.6) is 0 Å². The summed E-state index contributed by atoms with van der Waals surface area (Å²) in [5.41, 5.74) is 1.08. The van der Waals surface area contributed by atoms with Crippen LogP contribution in [0.2, 0.25) is 0 Å². The third-order valence-corrected chi connectivity index (χ3v) is 4.52. The third-order valence-electron chi connectivity index (χ3n) is 2.91. The Morgan fingerprint density at radius 1 is 1.29 bits per heavy atom. The van der Waals surface area contributed by atoms with E-state index < -0.39 is 29.8 Å². The van der Waals surface area contributed by atoms with Crippen LogP contribution in [-0.4, -0.2) is 34.9 Å². The number of carbonyl (C=O) groups excluding carboxylic acids is 1. The van der Waals surface area contributed by atoms with Gasteiger partial charge in [-0.15, -0.1) is 11.8 Å². The van der Waals surface area contributed by atoms with Gasteiger partial charge in [0.15, 0.2) is 6.04 Å². The van der Waals surface area contributed by atoms with Crippen molar-refractivity contribution in [2.75, 3.05) is 6.67 Å². The van der Waals surface area contributed by atoms with Crippen molar-refractivity contribution in [3.63, 3.8) is 0 Å². The molecule has 0 saturated carbocycles. The van der Waals surface area contributed by atoms with E-state index in [-0.39, 0.29) is 5.92 Å². The molecule has 0 fully saturated rings. The quantitative estimate of drug-likeness (QED) is 0.774. The van der Waals surface area contributed by atoms with Gasteiger partial charge >= 0.3 is 5.97 Å². The number of halogens is 1. The van der Waals surface area contributed by atoms with E-state index in [4.69, 9.17) is 5.11 Å². The molecule has 4 nitrogen and oxygen atoms in total. The molecule has 21 heavy (non-hydrogen) atoms. The minimum absolute atomic E-state index is 0.0211. The fraction of sp³-hybridized carbons (Fsp3) is 0.467. The molecule has 1 aromatic carbocycles. The molecule has 6 heteroatoms. The fourth-order valence-corrected chi connectivity index (χ4v) is 2.92. The number of carboxylic acid groups (broad SMARTS) is 1. The Kier molecular flexibility index (Phi) is 7.22. The summed E-state index contributed by atoms with van der Waals surface area (Å²) in [4.78, 5) is 22.9. The zero-order chi connectivity index (χ0) is 15.8. The van der Waals surface area contributed by atoms with Gasteiger partial charge in [-0.05, 0) is 11.5 Å². The molecular weight excluding hydrogens is 293 g/mol. The first-order chi connectivity index (χ1) is 9.95. The Labute approximate surface area is 128 Å². The lowest BCUT2D eigenvalue weighted by Crippen LogP contribution is -2.47. The highest BCUT2D eigenvalue weighted by atomic mass is 32.2. The molecule has 1 aromatic rings. The minimum Gasteiger partial charge on any atom is -0.480 e. The topological polar surface area (TPSA) is 66.4 Å². The second kappa shape index (κ2) is 8.67. The maximum absolute atomic E-state index is 12.6. The van der Waals surface area contributed by atoms with E-state index in [9.17, 15) is 14.0 Å². The SMILES string of the molecule is CC(C)C(SCc1ccccc1)C(=O)NC(CF)C(=O)O. The molecule has 116 valence electrons. The number of thioether (sulfide) groups is 1. The van der Waals surface area contributed by atoms with Crippen LogP contribution >= 0.6 is 11.8 Å². The van der Waals surface area contributed by atoms with Gasteiger partial charge in [0.2, 0.25) is 5.91 Å². The third kappa shape index (κ3) is 5.75. The number of carbonyl (C=O) groups is 2. The first-order valence-corrected chi connectivity index (χ1v) is 7.75. The molecule has 0 aliphatic rings. The van der Waals surface area contributed by atoms with Crippen LogP contribution in [0.3, 0.4) is 0 Å². The number of aliphatic carboxylic acids is 1. The Morgan fingerprint density at radius 2 is 1.90 bits per heavy atom. The lowest BCUT2D eigenvalue weighted by atomic mass is 10.1. The molecule has 1 rings (SSSR count). The van der Waals surface area contributed by atoms with Gasteiger partial charge in [0.05, 0.1) is 5.25 Å². The molecule has 2 atom stereocenters. The van der Waals surface area contributed by atoms with Crippen molar-refractivity contribution in [2.24, 2.45) is 5.92 Å². The van der Waals surface area contributed by atoms with Crippen molar-refractivity contribution in [3.05, 3.63) is 35.9 Å². The van der Waals surface area contributed by atoms with Crippen molar-refractivity contribution in [3.8, 4) is 0 Å². The zero-order valence-corrected chi connectivity index (χ0v) is 12.9. The summed E-state index contributed by atoms with van der Waals surface area (Å²) in [6.07, 6.45) is 0. The molecule has 2 N–H and O–H groups in total. The average molecular weight is 313 g/mol. The van der Waals surface area contributed by atoms with E-state index in [1.807, 2.05) is 44.2 Å². The van der Waals surface area contributed by atoms with Crippen molar-refractivity contribution in [1.29, 1.82) is 0 Å². The maximum Gasteiger partial charge on any atom is 0.328 e. The first-order valence-electron chi connectivity index (χ1n) is 6.70. The van der Waals surface area contributed by atoms with Crippen LogP contribution in [-0.2, 0) is 15.3 Å². The van der Waals surface area contributed by atoms with E-state index in [0.29, 0.717) is 5.75 Å². The van der Waals surface area contributed by atoms with Crippen LogP contribution in [0.4, 0.5) is 4.39 Å². The Hall–Kier alpha value is -1.56. The number of amides is 1. The Bertz CT molecular complexity index is 467. The fourth-order valence-electron chi connectivity index (χ4n) is 1.75. The van der Waals surface area contributed by atoms with Crippen molar-refractivity contribution < 1.29 is 19.1 Å². The molecule has 0 aromatic heterocycles. The first kappa shape index (κ1) is 17.5. The Morgan fingerprint density at radius 3 is 2.38 bits per heavy atom. The standard InChI is InChI=1S/C15H20FNO3S/c1-10(2)13(14(18)17-12(8-16)15(19)20)21-9-11-6-4-3-5-7-11/h3-7,10,12-13H,8-9H2,1-2H3,(H,17,18)(H,19,20). The number of alkyl halides is 1. The summed E-state index contributed by atoms with van der Waals surface area (Å²) in [5.74, 6) is -1.13. The minimum atomic E-state index is -1.48. The van der Waals surface area contributed by atoms with Crippen molar-refractivity contribution in [2.45, 2.75) is 30.9 Å². The second-order valence-electron chi connectivity index (χ2n) is 5.01. The number of rotatable bonds is 8. The normalized spacial score (nSPS) is 13.7. The van der Waals surface area contributed by atoms with Crippen LogP contribution in [0.15, 0.2) is 30.3 Å². The predicted molar refractivity (Wildman–Crippen MR) is 81.9 cm³/mol. The van der Waals surface area contributed by atoms with Crippen LogP contribution in [0, 0.1) is 5.92 Å². The van der Waals surface area contributed by atoms with Gasteiger partial charge in [-0.2, -0.15) is 0 Å². The number of nitrogens with one attached hydrogen (secondary N) is 1. The highest BCUT2D eigenvalue weighted by Crippen LogP contribution is 2.24. The van der Waals surface area contributed by atoms with Crippen LogP contribution < -0.4 is 5.32 Å². The largest absolute Gasteiger partial charge is 0.480 e. The smallest absolute Gasteiger partial charge is 0.328 e. The molecule has 0 aliphatic carbocycles. The molecule has 0 bridgehead atoms.